The molecule has 3 rings (SSSR count). The number of nitro groups is 1. The Morgan fingerprint density at radius 2 is 2.00 bits per heavy atom. The maximum absolute atomic E-state index is 11.0. The zero-order valence-electron chi connectivity index (χ0n) is 13.4. The predicted octanol–water partition coefficient (Wildman–Crippen LogP) is 1.64. The SMILES string of the molecule is COc1cc(N2CCC(N3CC[C@@H](O)C3)CC2)ccc1[N+](=O)[O-]. The average Bonchev–Trinajstić information content (AvgIpc) is 3.00. The summed E-state index contributed by atoms with van der Waals surface area (Å²) >= 11 is 0. The van der Waals surface area contributed by atoms with E-state index in [-0.39, 0.29) is 11.8 Å². The second kappa shape index (κ2) is 6.72. The van der Waals surface area contributed by atoms with Crippen LogP contribution in [0.25, 0.3) is 0 Å². The summed E-state index contributed by atoms with van der Waals surface area (Å²) in [5.41, 5.74) is 0.963. The van der Waals surface area contributed by atoms with Gasteiger partial charge in [0.05, 0.1) is 18.1 Å². The van der Waals surface area contributed by atoms with Crippen molar-refractivity contribution in [1.29, 1.82) is 0 Å². The number of aliphatic hydroxyl groups excluding tert-OH is 1. The Balaban J connectivity index is 1.64. The minimum atomic E-state index is -0.423. The van der Waals surface area contributed by atoms with Crippen LogP contribution in [0.15, 0.2) is 18.2 Å². The van der Waals surface area contributed by atoms with Gasteiger partial charge in [0.25, 0.3) is 0 Å². The number of piperidine rings is 1. The fraction of sp³-hybridized carbons (Fsp3) is 0.625. The lowest BCUT2D eigenvalue weighted by atomic mass is 10.0. The van der Waals surface area contributed by atoms with Crippen LogP contribution in [0.1, 0.15) is 19.3 Å². The Morgan fingerprint density at radius 3 is 2.57 bits per heavy atom. The number of rotatable bonds is 4. The van der Waals surface area contributed by atoms with Crippen LogP contribution in [0.4, 0.5) is 11.4 Å². The molecular weight excluding hydrogens is 298 g/mol. The molecule has 0 unspecified atom stereocenters. The molecule has 7 heteroatoms. The first-order valence-corrected chi connectivity index (χ1v) is 8.08. The molecule has 126 valence electrons. The topological polar surface area (TPSA) is 79.1 Å². The number of anilines is 1. The molecular formula is C16H23N3O4. The van der Waals surface area contributed by atoms with Crippen LogP contribution in [-0.4, -0.2) is 60.4 Å². The highest BCUT2D eigenvalue weighted by atomic mass is 16.6. The van der Waals surface area contributed by atoms with Crippen molar-refractivity contribution >= 4 is 11.4 Å². The van der Waals surface area contributed by atoms with E-state index in [0.29, 0.717) is 11.8 Å². The zero-order valence-corrected chi connectivity index (χ0v) is 13.4. The van der Waals surface area contributed by atoms with E-state index >= 15 is 0 Å². The molecule has 1 aromatic carbocycles. The molecule has 23 heavy (non-hydrogen) atoms. The van der Waals surface area contributed by atoms with Crippen molar-refractivity contribution in [1.82, 2.24) is 4.90 Å². The molecule has 1 N–H and O–H groups in total. The van der Waals surface area contributed by atoms with Crippen molar-refractivity contribution in [3.63, 3.8) is 0 Å². The Kier molecular flexibility index (Phi) is 4.68. The highest BCUT2D eigenvalue weighted by Gasteiger charge is 2.30. The van der Waals surface area contributed by atoms with Crippen LogP contribution >= 0.6 is 0 Å². The minimum Gasteiger partial charge on any atom is -0.490 e. The van der Waals surface area contributed by atoms with Crippen molar-refractivity contribution in [2.24, 2.45) is 0 Å². The number of ether oxygens (including phenoxy) is 1. The normalized spacial score (nSPS) is 23.2. The molecule has 0 aromatic heterocycles. The summed E-state index contributed by atoms with van der Waals surface area (Å²) < 4.78 is 5.15. The molecule has 2 heterocycles. The van der Waals surface area contributed by atoms with Crippen LogP contribution in [0.5, 0.6) is 5.75 Å². The number of hydrogen-bond donors (Lipinski definition) is 1. The van der Waals surface area contributed by atoms with Gasteiger partial charge in [-0.2, -0.15) is 0 Å². The third-order valence-electron chi connectivity index (χ3n) is 4.90. The van der Waals surface area contributed by atoms with Crippen LogP contribution in [-0.2, 0) is 0 Å². The Morgan fingerprint density at radius 1 is 1.26 bits per heavy atom. The number of nitro benzene ring substituents is 1. The summed E-state index contributed by atoms with van der Waals surface area (Å²) in [6, 6.07) is 5.58. The van der Waals surface area contributed by atoms with Crippen LogP contribution in [0, 0.1) is 10.1 Å². The summed E-state index contributed by atoms with van der Waals surface area (Å²) in [5, 5.41) is 20.6. The van der Waals surface area contributed by atoms with Gasteiger partial charge >= 0.3 is 5.69 Å². The van der Waals surface area contributed by atoms with Crippen molar-refractivity contribution in [3.05, 3.63) is 28.3 Å². The van der Waals surface area contributed by atoms with Gasteiger partial charge in [0, 0.05) is 50.0 Å². The van der Waals surface area contributed by atoms with Gasteiger partial charge in [0.1, 0.15) is 0 Å². The van der Waals surface area contributed by atoms with E-state index in [2.05, 4.69) is 9.80 Å². The Hall–Kier alpha value is -1.86. The molecule has 1 atom stereocenters. The lowest BCUT2D eigenvalue weighted by molar-refractivity contribution is -0.385. The first-order valence-electron chi connectivity index (χ1n) is 8.08. The van der Waals surface area contributed by atoms with Gasteiger partial charge in [-0.15, -0.1) is 0 Å². The van der Waals surface area contributed by atoms with Crippen molar-refractivity contribution < 1.29 is 14.8 Å². The highest BCUT2D eigenvalue weighted by Crippen LogP contribution is 2.33. The lowest BCUT2D eigenvalue weighted by Gasteiger charge is -2.37. The maximum Gasteiger partial charge on any atom is 0.311 e. The van der Waals surface area contributed by atoms with Crippen LogP contribution < -0.4 is 9.64 Å². The summed E-state index contributed by atoms with van der Waals surface area (Å²) in [6.07, 6.45) is 2.80. The first-order chi connectivity index (χ1) is 11.1. The predicted molar refractivity (Wildman–Crippen MR) is 87.1 cm³/mol. The highest BCUT2D eigenvalue weighted by molar-refractivity contribution is 5.59. The summed E-state index contributed by atoms with van der Waals surface area (Å²) in [5.74, 6) is 0.303. The van der Waals surface area contributed by atoms with E-state index in [1.165, 1.54) is 13.2 Å². The number of nitrogens with zero attached hydrogens (tertiary/aromatic N) is 3. The minimum absolute atomic E-state index is 0.00260. The van der Waals surface area contributed by atoms with Gasteiger partial charge in [-0.3, -0.25) is 15.0 Å². The molecule has 2 saturated heterocycles. The largest absolute Gasteiger partial charge is 0.490 e. The fourth-order valence-corrected chi connectivity index (χ4v) is 3.60. The summed E-state index contributed by atoms with van der Waals surface area (Å²) in [6.45, 7) is 3.60. The van der Waals surface area contributed by atoms with Gasteiger partial charge in [0.15, 0.2) is 5.75 Å². The summed E-state index contributed by atoms with van der Waals surface area (Å²) in [4.78, 5) is 15.2. The third-order valence-corrected chi connectivity index (χ3v) is 4.90. The number of methoxy groups -OCH3 is 1. The molecule has 0 spiro atoms. The molecule has 2 aliphatic rings. The average molecular weight is 321 g/mol. The Bertz CT molecular complexity index is 572. The fourth-order valence-electron chi connectivity index (χ4n) is 3.60. The number of aliphatic hydroxyl groups is 1. The smallest absolute Gasteiger partial charge is 0.311 e. The zero-order chi connectivity index (χ0) is 16.4. The van der Waals surface area contributed by atoms with Gasteiger partial charge in [0.2, 0.25) is 0 Å². The standard InChI is InChI=1S/C16H23N3O4/c1-23-16-10-13(2-3-15(16)19(21)22)17-7-4-12(5-8-17)18-9-6-14(20)11-18/h2-3,10,12,14,20H,4-9,11H2,1H3/t14-/m1/s1. The number of hydrogen-bond acceptors (Lipinski definition) is 6. The maximum atomic E-state index is 11.0. The molecule has 7 nitrogen and oxygen atoms in total. The third kappa shape index (κ3) is 3.40. The van der Waals surface area contributed by atoms with Gasteiger partial charge in [-0.1, -0.05) is 0 Å². The molecule has 1 aromatic rings. The monoisotopic (exact) mass is 321 g/mol. The second-order valence-corrected chi connectivity index (χ2v) is 6.27. The number of benzene rings is 1. The van der Waals surface area contributed by atoms with Crippen LogP contribution in [0.2, 0.25) is 0 Å². The molecule has 0 saturated carbocycles. The van der Waals surface area contributed by atoms with Gasteiger partial charge < -0.3 is 14.7 Å². The molecule has 0 radical (unpaired) electrons. The second-order valence-electron chi connectivity index (χ2n) is 6.27. The molecule has 0 aliphatic carbocycles. The van der Waals surface area contributed by atoms with E-state index in [4.69, 9.17) is 4.74 Å². The number of β-amino-alcohol motifs (C(OH)–C–C–N with tert-alkyl or cyclic N) is 1. The van der Waals surface area contributed by atoms with E-state index in [1.54, 1.807) is 12.1 Å². The van der Waals surface area contributed by atoms with Crippen molar-refractivity contribution in [3.8, 4) is 5.75 Å². The van der Waals surface area contributed by atoms with Gasteiger partial charge in [-0.05, 0) is 25.3 Å². The Labute approximate surface area is 135 Å². The van der Waals surface area contributed by atoms with E-state index in [1.807, 2.05) is 0 Å². The van der Waals surface area contributed by atoms with Crippen molar-refractivity contribution in [2.45, 2.75) is 31.4 Å². The van der Waals surface area contributed by atoms with E-state index < -0.39 is 4.92 Å². The van der Waals surface area contributed by atoms with Gasteiger partial charge in [-0.25, -0.2) is 0 Å². The van der Waals surface area contributed by atoms with Crippen LogP contribution in [0.3, 0.4) is 0 Å². The first kappa shape index (κ1) is 16.0. The molecule has 0 bridgehead atoms. The summed E-state index contributed by atoms with van der Waals surface area (Å²) in [7, 11) is 1.46. The quantitative estimate of drug-likeness (QED) is 0.671. The molecule has 2 fully saturated rings. The molecule has 2 aliphatic heterocycles. The van der Waals surface area contributed by atoms with E-state index in [0.717, 1.165) is 51.1 Å². The van der Waals surface area contributed by atoms with E-state index in [9.17, 15) is 15.2 Å². The molecule has 0 amide bonds. The number of likely N-dealkylation sites (tertiary alicyclic amines) is 1. The lowest BCUT2D eigenvalue weighted by Crippen LogP contribution is -2.44. The van der Waals surface area contributed by atoms with Crippen molar-refractivity contribution in [2.75, 3.05) is 38.2 Å².